The zero-order valence-corrected chi connectivity index (χ0v) is 14.9. The monoisotopic (exact) mass is 386 g/mol. The molecular formula is C20H16F2N2O4. The lowest BCUT2D eigenvalue weighted by molar-refractivity contribution is 0.0468. The summed E-state index contributed by atoms with van der Waals surface area (Å²) in [7, 11) is 0. The molecule has 0 aliphatic carbocycles. The molecule has 1 aromatic heterocycles. The maximum Gasteiger partial charge on any atom is 0.359 e. The normalized spacial score (nSPS) is 10.8. The van der Waals surface area contributed by atoms with Gasteiger partial charge < -0.3 is 4.74 Å². The lowest BCUT2D eigenvalue weighted by Gasteiger charge is -2.10. The van der Waals surface area contributed by atoms with E-state index in [1.165, 1.54) is 4.68 Å². The molecule has 0 saturated carbocycles. The van der Waals surface area contributed by atoms with E-state index in [-0.39, 0.29) is 16.8 Å². The molecule has 28 heavy (non-hydrogen) atoms. The SMILES string of the molecule is CCCn1nc(C(=O)OCC(=O)c2ccc(F)c(F)c2)c2ccccc2c1=O. The third-order valence-corrected chi connectivity index (χ3v) is 4.07. The van der Waals surface area contributed by atoms with Gasteiger partial charge in [-0.2, -0.15) is 5.10 Å². The number of carbonyl (C=O) groups is 2. The highest BCUT2D eigenvalue weighted by molar-refractivity contribution is 6.04. The molecule has 0 amide bonds. The molecule has 0 unspecified atom stereocenters. The lowest BCUT2D eigenvalue weighted by atomic mass is 10.1. The number of ether oxygens (including phenoxy) is 1. The third kappa shape index (κ3) is 3.80. The van der Waals surface area contributed by atoms with Crippen molar-refractivity contribution in [3.63, 3.8) is 0 Å². The molecule has 0 fully saturated rings. The van der Waals surface area contributed by atoms with E-state index in [0.717, 1.165) is 18.2 Å². The average Bonchev–Trinajstić information content (AvgIpc) is 2.70. The Balaban J connectivity index is 1.87. The van der Waals surface area contributed by atoms with Crippen LogP contribution in [0, 0.1) is 11.6 Å². The van der Waals surface area contributed by atoms with Crippen LogP contribution in [0.5, 0.6) is 0 Å². The van der Waals surface area contributed by atoms with Crippen LogP contribution in [0.2, 0.25) is 0 Å². The van der Waals surface area contributed by atoms with Gasteiger partial charge in [-0.05, 0) is 30.7 Å². The minimum atomic E-state index is -1.17. The van der Waals surface area contributed by atoms with Gasteiger partial charge in [-0.15, -0.1) is 0 Å². The van der Waals surface area contributed by atoms with Gasteiger partial charge in [0.25, 0.3) is 5.56 Å². The molecule has 0 aliphatic rings. The Morgan fingerprint density at radius 3 is 2.46 bits per heavy atom. The Bertz CT molecular complexity index is 1120. The number of ketones is 1. The predicted molar refractivity (Wildman–Crippen MR) is 97.3 cm³/mol. The first-order valence-corrected chi connectivity index (χ1v) is 8.57. The van der Waals surface area contributed by atoms with Gasteiger partial charge >= 0.3 is 5.97 Å². The molecule has 3 aromatic rings. The van der Waals surface area contributed by atoms with Crippen molar-refractivity contribution in [1.29, 1.82) is 0 Å². The summed E-state index contributed by atoms with van der Waals surface area (Å²) < 4.78 is 32.4. The summed E-state index contributed by atoms with van der Waals surface area (Å²) in [5.41, 5.74) is -0.547. The van der Waals surface area contributed by atoms with Crippen molar-refractivity contribution in [3.8, 4) is 0 Å². The van der Waals surface area contributed by atoms with E-state index in [1.54, 1.807) is 24.3 Å². The Kier molecular flexibility index (Phi) is 5.58. The average molecular weight is 386 g/mol. The van der Waals surface area contributed by atoms with Gasteiger partial charge in [0.05, 0.1) is 5.39 Å². The van der Waals surface area contributed by atoms with Gasteiger partial charge in [0.1, 0.15) is 0 Å². The fourth-order valence-electron chi connectivity index (χ4n) is 2.70. The smallest absolute Gasteiger partial charge is 0.359 e. The zero-order chi connectivity index (χ0) is 20.3. The summed E-state index contributed by atoms with van der Waals surface area (Å²) in [6.07, 6.45) is 0.633. The van der Waals surface area contributed by atoms with Gasteiger partial charge in [0, 0.05) is 17.5 Å². The van der Waals surface area contributed by atoms with Gasteiger partial charge in [-0.25, -0.2) is 18.3 Å². The molecule has 0 bridgehead atoms. The van der Waals surface area contributed by atoms with E-state index in [1.807, 2.05) is 6.92 Å². The van der Waals surface area contributed by atoms with E-state index < -0.39 is 30.0 Å². The number of carbonyl (C=O) groups excluding carboxylic acids is 2. The lowest BCUT2D eigenvalue weighted by Crippen LogP contribution is -2.27. The number of hydrogen-bond acceptors (Lipinski definition) is 5. The zero-order valence-electron chi connectivity index (χ0n) is 14.9. The Hall–Kier alpha value is -3.42. The van der Waals surface area contributed by atoms with E-state index in [0.29, 0.717) is 23.7 Å². The van der Waals surface area contributed by atoms with Crippen LogP contribution in [0.15, 0.2) is 47.3 Å². The molecule has 0 atom stereocenters. The van der Waals surface area contributed by atoms with Crippen molar-refractivity contribution in [1.82, 2.24) is 9.78 Å². The van der Waals surface area contributed by atoms with Crippen LogP contribution >= 0.6 is 0 Å². The summed E-state index contributed by atoms with van der Waals surface area (Å²) >= 11 is 0. The number of hydrogen-bond donors (Lipinski definition) is 0. The van der Waals surface area contributed by atoms with Crippen molar-refractivity contribution in [2.75, 3.05) is 6.61 Å². The molecule has 0 N–H and O–H groups in total. The highest BCUT2D eigenvalue weighted by atomic mass is 19.2. The molecule has 3 rings (SSSR count). The minimum absolute atomic E-state index is 0.0956. The molecule has 1 heterocycles. The van der Waals surface area contributed by atoms with Crippen molar-refractivity contribution < 1.29 is 23.1 Å². The number of aryl methyl sites for hydroxylation is 1. The van der Waals surface area contributed by atoms with Gasteiger partial charge in [-0.1, -0.05) is 25.1 Å². The fraction of sp³-hybridized carbons (Fsp3) is 0.200. The van der Waals surface area contributed by atoms with Crippen LogP contribution < -0.4 is 5.56 Å². The van der Waals surface area contributed by atoms with Crippen LogP contribution in [0.3, 0.4) is 0 Å². The Morgan fingerprint density at radius 1 is 1.07 bits per heavy atom. The van der Waals surface area contributed by atoms with E-state index in [9.17, 15) is 23.2 Å². The number of aromatic nitrogens is 2. The summed E-state index contributed by atoms with van der Waals surface area (Å²) in [5.74, 6) is -3.84. The number of fused-ring (bicyclic) bond motifs is 1. The third-order valence-electron chi connectivity index (χ3n) is 4.07. The standard InChI is InChI=1S/C20H16F2N2O4/c1-2-9-24-19(26)14-6-4-3-5-13(14)18(23-24)20(27)28-11-17(25)12-7-8-15(21)16(22)10-12/h3-8,10H,2,9,11H2,1H3. The van der Waals surface area contributed by atoms with Gasteiger partial charge in [-0.3, -0.25) is 9.59 Å². The van der Waals surface area contributed by atoms with Crippen molar-refractivity contribution in [2.45, 2.75) is 19.9 Å². The molecular weight excluding hydrogens is 370 g/mol. The molecule has 0 spiro atoms. The summed E-state index contributed by atoms with van der Waals surface area (Å²) in [5, 5.41) is 4.70. The number of nitrogens with zero attached hydrogens (tertiary/aromatic N) is 2. The number of halogens is 2. The topological polar surface area (TPSA) is 78.3 Å². The Morgan fingerprint density at radius 2 is 1.79 bits per heavy atom. The summed E-state index contributed by atoms with van der Waals surface area (Å²) in [6, 6.07) is 9.12. The molecule has 0 radical (unpaired) electrons. The molecule has 0 saturated heterocycles. The minimum Gasteiger partial charge on any atom is -0.452 e. The number of Topliss-reactive ketones (excluding diaryl/α,β-unsaturated/α-hetero) is 1. The number of rotatable bonds is 6. The maximum atomic E-state index is 13.3. The molecule has 2 aromatic carbocycles. The van der Waals surface area contributed by atoms with Gasteiger partial charge in [0.15, 0.2) is 29.7 Å². The van der Waals surface area contributed by atoms with Crippen LogP contribution in [0.1, 0.15) is 34.2 Å². The van der Waals surface area contributed by atoms with Crippen LogP contribution in [0.4, 0.5) is 8.78 Å². The van der Waals surface area contributed by atoms with E-state index in [4.69, 9.17) is 4.74 Å². The van der Waals surface area contributed by atoms with Crippen LogP contribution in [-0.2, 0) is 11.3 Å². The molecule has 144 valence electrons. The predicted octanol–water partition coefficient (Wildman–Crippen LogP) is 3.12. The highest BCUT2D eigenvalue weighted by Gasteiger charge is 2.19. The molecule has 6 nitrogen and oxygen atoms in total. The van der Waals surface area contributed by atoms with Crippen molar-refractivity contribution >= 4 is 22.5 Å². The largest absolute Gasteiger partial charge is 0.452 e. The number of benzene rings is 2. The number of esters is 1. The first-order valence-electron chi connectivity index (χ1n) is 8.57. The van der Waals surface area contributed by atoms with Crippen molar-refractivity contribution in [2.24, 2.45) is 0 Å². The van der Waals surface area contributed by atoms with E-state index >= 15 is 0 Å². The van der Waals surface area contributed by atoms with Crippen LogP contribution in [-0.4, -0.2) is 28.1 Å². The second-order valence-corrected chi connectivity index (χ2v) is 6.05. The van der Waals surface area contributed by atoms with Gasteiger partial charge in [0.2, 0.25) is 0 Å². The quantitative estimate of drug-likeness (QED) is 0.480. The highest BCUT2D eigenvalue weighted by Crippen LogP contribution is 2.15. The van der Waals surface area contributed by atoms with E-state index in [2.05, 4.69) is 5.10 Å². The van der Waals surface area contributed by atoms with Crippen molar-refractivity contribution in [3.05, 3.63) is 75.7 Å². The fourth-order valence-corrected chi connectivity index (χ4v) is 2.70. The maximum absolute atomic E-state index is 13.3. The summed E-state index contributed by atoms with van der Waals surface area (Å²) in [4.78, 5) is 37.0. The summed E-state index contributed by atoms with van der Waals surface area (Å²) in [6.45, 7) is 1.51. The first kappa shape index (κ1) is 19.3. The Labute approximate surface area is 158 Å². The molecule has 0 aliphatic heterocycles. The second-order valence-electron chi connectivity index (χ2n) is 6.05. The molecule has 8 heteroatoms. The second kappa shape index (κ2) is 8.08. The van der Waals surface area contributed by atoms with Crippen LogP contribution in [0.25, 0.3) is 10.8 Å². The first-order chi connectivity index (χ1) is 13.4.